The standard InChI is InChI=1S/C20H16BrN3O2S/c1-26-15-8-6-14(7-9-15)24-10-17(25)18(19(24)22)20-23-16(11-27-20)12-2-4-13(21)5-3-12/h2-9,11,22,25H,10H2,1H3. The number of benzene rings is 2. The molecule has 0 spiro atoms. The lowest BCUT2D eigenvalue weighted by Crippen LogP contribution is -2.25. The van der Waals surface area contributed by atoms with Crippen molar-refractivity contribution in [3.63, 3.8) is 0 Å². The van der Waals surface area contributed by atoms with Crippen LogP contribution >= 0.6 is 27.3 Å². The molecule has 0 atom stereocenters. The van der Waals surface area contributed by atoms with E-state index in [1.807, 2.05) is 53.9 Å². The van der Waals surface area contributed by atoms with Gasteiger partial charge in [-0.1, -0.05) is 28.1 Å². The normalized spacial score (nSPS) is 14.1. The van der Waals surface area contributed by atoms with Gasteiger partial charge < -0.3 is 14.7 Å². The van der Waals surface area contributed by atoms with E-state index < -0.39 is 0 Å². The maximum Gasteiger partial charge on any atom is 0.139 e. The van der Waals surface area contributed by atoms with E-state index in [0.717, 1.165) is 27.2 Å². The van der Waals surface area contributed by atoms with Gasteiger partial charge in [0.1, 0.15) is 22.4 Å². The molecule has 2 N–H and O–H groups in total. The van der Waals surface area contributed by atoms with Gasteiger partial charge in [-0.3, -0.25) is 5.41 Å². The number of ether oxygens (including phenoxy) is 1. The number of nitrogens with one attached hydrogen (secondary N) is 1. The van der Waals surface area contributed by atoms with Gasteiger partial charge >= 0.3 is 0 Å². The number of amidine groups is 1. The van der Waals surface area contributed by atoms with E-state index in [4.69, 9.17) is 10.1 Å². The van der Waals surface area contributed by atoms with E-state index in [1.165, 1.54) is 11.3 Å². The Bertz CT molecular complexity index is 1030. The van der Waals surface area contributed by atoms with Crippen LogP contribution in [-0.4, -0.2) is 29.6 Å². The Labute approximate surface area is 169 Å². The number of methoxy groups -OCH3 is 1. The fourth-order valence-corrected chi connectivity index (χ4v) is 4.09. The summed E-state index contributed by atoms with van der Waals surface area (Å²) in [7, 11) is 1.61. The highest BCUT2D eigenvalue weighted by Gasteiger charge is 2.31. The second-order valence-corrected chi connectivity index (χ2v) is 7.77. The highest BCUT2D eigenvalue weighted by atomic mass is 79.9. The van der Waals surface area contributed by atoms with Gasteiger partial charge in [-0.05, 0) is 36.4 Å². The molecule has 0 unspecified atom stereocenters. The van der Waals surface area contributed by atoms with Crippen LogP contribution in [0.15, 0.2) is 64.1 Å². The number of anilines is 1. The molecule has 4 rings (SSSR count). The number of nitrogens with zero attached hydrogens (tertiary/aromatic N) is 2. The summed E-state index contributed by atoms with van der Waals surface area (Å²) in [6.45, 7) is 0.258. The average Bonchev–Trinajstić information content (AvgIpc) is 3.27. The first kappa shape index (κ1) is 17.8. The molecule has 136 valence electrons. The molecular weight excluding hydrogens is 426 g/mol. The molecule has 1 aromatic heterocycles. The molecule has 5 nitrogen and oxygen atoms in total. The molecule has 0 amide bonds. The summed E-state index contributed by atoms with van der Waals surface area (Å²) in [5.41, 5.74) is 3.14. The van der Waals surface area contributed by atoms with Crippen molar-refractivity contribution >= 4 is 44.4 Å². The Morgan fingerprint density at radius 2 is 1.85 bits per heavy atom. The number of halogens is 1. The van der Waals surface area contributed by atoms with Crippen LogP contribution in [0.3, 0.4) is 0 Å². The maximum atomic E-state index is 10.5. The van der Waals surface area contributed by atoms with E-state index in [2.05, 4.69) is 20.9 Å². The SMILES string of the molecule is COc1ccc(N2CC(O)=C(c3nc(-c4ccc(Br)cc4)cs3)C2=N)cc1. The average molecular weight is 442 g/mol. The Morgan fingerprint density at radius 1 is 1.15 bits per heavy atom. The van der Waals surface area contributed by atoms with Crippen LogP contribution in [0.25, 0.3) is 16.8 Å². The van der Waals surface area contributed by atoms with Gasteiger partial charge in [-0.15, -0.1) is 11.3 Å². The molecule has 7 heteroatoms. The fourth-order valence-electron chi connectivity index (χ4n) is 2.93. The van der Waals surface area contributed by atoms with Crippen LogP contribution in [-0.2, 0) is 0 Å². The Balaban J connectivity index is 1.61. The second kappa shape index (κ2) is 7.17. The van der Waals surface area contributed by atoms with E-state index in [9.17, 15) is 5.11 Å². The van der Waals surface area contributed by atoms with Crippen molar-refractivity contribution < 1.29 is 9.84 Å². The molecule has 2 aromatic carbocycles. The van der Waals surface area contributed by atoms with Crippen molar-refractivity contribution in [1.82, 2.24) is 4.98 Å². The number of rotatable bonds is 4. The van der Waals surface area contributed by atoms with E-state index in [-0.39, 0.29) is 18.1 Å². The van der Waals surface area contributed by atoms with Crippen molar-refractivity contribution in [2.24, 2.45) is 0 Å². The summed E-state index contributed by atoms with van der Waals surface area (Å²) < 4.78 is 6.19. The number of aliphatic hydroxyl groups is 1. The molecule has 0 bridgehead atoms. The number of hydrogen-bond donors (Lipinski definition) is 2. The first-order valence-corrected chi connectivity index (χ1v) is 9.88. The molecule has 1 aliphatic heterocycles. The van der Waals surface area contributed by atoms with Gasteiger partial charge in [-0.25, -0.2) is 4.98 Å². The Kier molecular flexibility index (Phi) is 4.72. The first-order chi connectivity index (χ1) is 13.1. The minimum Gasteiger partial charge on any atom is -0.510 e. The minimum atomic E-state index is 0.160. The largest absolute Gasteiger partial charge is 0.510 e. The zero-order valence-electron chi connectivity index (χ0n) is 14.4. The molecule has 0 saturated carbocycles. The number of aromatic nitrogens is 1. The molecule has 0 fully saturated rings. The zero-order valence-corrected chi connectivity index (χ0v) is 16.8. The molecular formula is C20H16BrN3O2S. The van der Waals surface area contributed by atoms with Gasteiger partial charge in [-0.2, -0.15) is 0 Å². The Morgan fingerprint density at radius 3 is 2.52 bits per heavy atom. The van der Waals surface area contributed by atoms with Crippen molar-refractivity contribution in [1.29, 1.82) is 5.41 Å². The van der Waals surface area contributed by atoms with Crippen LogP contribution < -0.4 is 9.64 Å². The molecule has 1 aliphatic rings. The molecule has 0 saturated heterocycles. The minimum absolute atomic E-state index is 0.160. The van der Waals surface area contributed by atoms with Crippen LogP contribution in [0.4, 0.5) is 5.69 Å². The summed E-state index contributed by atoms with van der Waals surface area (Å²) in [5.74, 6) is 1.16. The lowest BCUT2D eigenvalue weighted by atomic mass is 10.2. The van der Waals surface area contributed by atoms with Gasteiger partial charge in [0.05, 0.1) is 24.9 Å². The zero-order chi connectivity index (χ0) is 19.0. The molecule has 0 radical (unpaired) electrons. The van der Waals surface area contributed by atoms with Gasteiger partial charge in [0.15, 0.2) is 0 Å². The third kappa shape index (κ3) is 3.36. The molecule has 2 heterocycles. The molecule has 0 aliphatic carbocycles. The highest BCUT2D eigenvalue weighted by Crippen LogP contribution is 2.35. The van der Waals surface area contributed by atoms with Crippen molar-refractivity contribution in [3.05, 3.63) is 69.2 Å². The van der Waals surface area contributed by atoms with E-state index >= 15 is 0 Å². The summed E-state index contributed by atoms with van der Waals surface area (Å²) >= 11 is 4.86. The molecule has 27 heavy (non-hydrogen) atoms. The summed E-state index contributed by atoms with van der Waals surface area (Å²) in [4.78, 5) is 6.40. The quantitative estimate of drug-likeness (QED) is 0.572. The van der Waals surface area contributed by atoms with Crippen LogP contribution in [0, 0.1) is 5.41 Å². The third-order valence-electron chi connectivity index (χ3n) is 4.35. The Hall–Kier alpha value is -2.64. The van der Waals surface area contributed by atoms with E-state index in [1.54, 1.807) is 12.0 Å². The van der Waals surface area contributed by atoms with Crippen molar-refractivity contribution in [2.75, 3.05) is 18.6 Å². The predicted molar refractivity (Wildman–Crippen MR) is 113 cm³/mol. The highest BCUT2D eigenvalue weighted by molar-refractivity contribution is 9.10. The number of hydrogen-bond acceptors (Lipinski definition) is 5. The number of thiazole rings is 1. The van der Waals surface area contributed by atoms with Gasteiger partial charge in [0, 0.05) is 21.1 Å². The summed E-state index contributed by atoms with van der Waals surface area (Å²) in [5, 5.41) is 21.6. The maximum absolute atomic E-state index is 10.5. The first-order valence-electron chi connectivity index (χ1n) is 8.21. The second-order valence-electron chi connectivity index (χ2n) is 6.00. The van der Waals surface area contributed by atoms with E-state index in [0.29, 0.717) is 10.6 Å². The van der Waals surface area contributed by atoms with Crippen LogP contribution in [0.5, 0.6) is 5.75 Å². The third-order valence-corrected chi connectivity index (χ3v) is 5.73. The number of aliphatic hydroxyl groups excluding tert-OH is 1. The lowest BCUT2D eigenvalue weighted by molar-refractivity contribution is 0.411. The summed E-state index contributed by atoms with van der Waals surface area (Å²) in [6, 6.07) is 15.3. The van der Waals surface area contributed by atoms with Crippen LogP contribution in [0.1, 0.15) is 5.01 Å². The van der Waals surface area contributed by atoms with Gasteiger partial charge in [0.25, 0.3) is 0 Å². The smallest absolute Gasteiger partial charge is 0.139 e. The fraction of sp³-hybridized carbons (Fsp3) is 0.100. The van der Waals surface area contributed by atoms with Gasteiger partial charge in [0.2, 0.25) is 0 Å². The van der Waals surface area contributed by atoms with Crippen LogP contribution in [0.2, 0.25) is 0 Å². The van der Waals surface area contributed by atoms with Crippen molar-refractivity contribution in [2.45, 2.75) is 0 Å². The monoisotopic (exact) mass is 441 g/mol. The summed E-state index contributed by atoms with van der Waals surface area (Å²) in [6.07, 6.45) is 0. The lowest BCUT2D eigenvalue weighted by Gasteiger charge is -2.18. The molecule has 3 aromatic rings. The van der Waals surface area contributed by atoms with Crippen molar-refractivity contribution in [3.8, 4) is 17.0 Å². The topological polar surface area (TPSA) is 69.4 Å². The predicted octanol–water partition coefficient (Wildman–Crippen LogP) is 5.35.